The lowest BCUT2D eigenvalue weighted by Gasteiger charge is -2.06. The summed E-state index contributed by atoms with van der Waals surface area (Å²) >= 11 is 0. The van der Waals surface area contributed by atoms with Crippen molar-refractivity contribution in [3.05, 3.63) is 42.2 Å². The first-order valence-corrected chi connectivity index (χ1v) is 7.55. The predicted molar refractivity (Wildman–Crippen MR) is 73.3 cm³/mol. The van der Waals surface area contributed by atoms with E-state index < -0.39 is 21.7 Å². The summed E-state index contributed by atoms with van der Waals surface area (Å²) in [6, 6.07) is 2.77. The Morgan fingerprint density at radius 1 is 1.29 bits per heavy atom. The third-order valence-corrected chi connectivity index (χ3v) is 4.02. The highest BCUT2D eigenvalue weighted by Crippen LogP contribution is 2.17. The molecule has 2 aromatic rings. The van der Waals surface area contributed by atoms with Gasteiger partial charge in [-0.3, -0.25) is 9.40 Å². The lowest BCUT2D eigenvalue weighted by atomic mass is 10.3. The third kappa shape index (κ3) is 3.76. The number of likely N-dealkylation sites (N-methyl/N-ethyl adjacent to an activating group) is 1. The average molecular weight is 316 g/mol. The summed E-state index contributed by atoms with van der Waals surface area (Å²) in [5.74, 6) is -2.17. The van der Waals surface area contributed by atoms with Gasteiger partial charge in [-0.15, -0.1) is 0 Å². The SMILES string of the molecule is CNCCn1cc(S(=O)(=O)Nc2ccc(F)c(F)c2)cn1. The molecule has 1 aromatic carbocycles. The van der Waals surface area contributed by atoms with Gasteiger partial charge in [-0.2, -0.15) is 5.10 Å². The Morgan fingerprint density at radius 3 is 2.71 bits per heavy atom. The Hall–Kier alpha value is -2.00. The quantitative estimate of drug-likeness (QED) is 0.839. The lowest BCUT2D eigenvalue weighted by molar-refractivity contribution is 0.509. The fourth-order valence-electron chi connectivity index (χ4n) is 1.61. The van der Waals surface area contributed by atoms with Gasteiger partial charge in [0.1, 0.15) is 4.90 Å². The smallest absolute Gasteiger partial charge is 0.265 e. The predicted octanol–water partition coefficient (Wildman–Crippen LogP) is 1.18. The fourth-order valence-corrected chi connectivity index (χ4v) is 2.61. The number of rotatable bonds is 6. The molecule has 0 radical (unpaired) electrons. The summed E-state index contributed by atoms with van der Waals surface area (Å²) in [5, 5.41) is 6.83. The summed E-state index contributed by atoms with van der Waals surface area (Å²) in [5.41, 5.74) is -0.0584. The molecule has 1 heterocycles. The van der Waals surface area contributed by atoms with Crippen LogP contribution in [0.15, 0.2) is 35.5 Å². The van der Waals surface area contributed by atoms with Crippen LogP contribution < -0.4 is 10.0 Å². The number of anilines is 1. The van der Waals surface area contributed by atoms with Crippen molar-refractivity contribution in [3.63, 3.8) is 0 Å². The van der Waals surface area contributed by atoms with Gasteiger partial charge >= 0.3 is 0 Å². The van der Waals surface area contributed by atoms with Crippen LogP contribution in [0.3, 0.4) is 0 Å². The normalized spacial score (nSPS) is 11.6. The van der Waals surface area contributed by atoms with Crippen molar-refractivity contribution in [1.82, 2.24) is 15.1 Å². The molecule has 0 amide bonds. The minimum Gasteiger partial charge on any atom is -0.318 e. The van der Waals surface area contributed by atoms with E-state index >= 15 is 0 Å². The Labute approximate surface area is 120 Å². The minimum absolute atomic E-state index is 0.0525. The van der Waals surface area contributed by atoms with Crippen LogP contribution in [0.25, 0.3) is 0 Å². The van der Waals surface area contributed by atoms with E-state index in [2.05, 4.69) is 15.1 Å². The van der Waals surface area contributed by atoms with E-state index in [1.165, 1.54) is 17.1 Å². The number of aromatic nitrogens is 2. The first-order chi connectivity index (χ1) is 9.92. The second-order valence-corrected chi connectivity index (χ2v) is 5.96. The number of hydrogen-bond donors (Lipinski definition) is 2. The van der Waals surface area contributed by atoms with Gasteiger partial charge in [-0.1, -0.05) is 0 Å². The topological polar surface area (TPSA) is 76.0 Å². The maximum Gasteiger partial charge on any atom is 0.265 e. The molecule has 0 spiro atoms. The van der Waals surface area contributed by atoms with E-state index in [1.54, 1.807) is 7.05 Å². The molecule has 2 rings (SSSR count). The van der Waals surface area contributed by atoms with E-state index in [0.717, 1.165) is 18.2 Å². The number of benzene rings is 1. The zero-order valence-corrected chi connectivity index (χ0v) is 12.0. The first-order valence-electron chi connectivity index (χ1n) is 6.07. The monoisotopic (exact) mass is 316 g/mol. The number of sulfonamides is 1. The maximum absolute atomic E-state index is 13.1. The third-order valence-electron chi connectivity index (χ3n) is 2.68. The average Bonchev–Trinajstić information content (AvgIpc) is 2.90. The van der Waals surface area contributed by atoms with Crippen molar-refractivity contribution < 1.29 is 17.2 Å². The van der Waals surface area contributed by atoms with E-state index in [1.807, 2.05) is 0 Å². The largest absolute Gasteiger partial charge is 0.318 e. The molecule has 114 valence electrons. The molecule has 0 aliphatic heterocycles. The van der Waals surface area contributed by atoms with Crippen molar-refractivity contribution in [1.29, 1.82) is 0 Å². The molecule has 6 nitrogen and oxygen atoms in total. The van der Waals surface area contributed by atoms with Crippen LogP contribution in [0.2, 0.25) is 0 Å². The molecule has 9 heteroatoms. The summed E-state index contributed by atoms with van der Waals surface area (Å²) in [6.45, 7) is 1.15. The van der Waals surface area contributed by atoms with E-state index in [0.29, 0.717) is 13.1 Å². The molecule has 0 saturated heterocycles. The van der Waals surface area contributed by atoms with Gasteiger partial charge in [0.25, 0.3) is 10.0 Å². The van der Waals surface area contributed by atoms with E-state index in [-0.39, 0.29) is 10.6 Å². The van der Waals surface area contributed by atoms with E-state index in [4.69, 9.17) is 0 Å². The summed E-state index contributed by atoms with van der Waals surface area (Å²) in [6.07, 6.45) is 2.55. The van der Waals surface area contributed by atoms with Gasteiger partial charge in [0.2, 0.25) is 0 Å². The zero-order chi connectivity index (χ0) is 15.5. The summed E-state index contributed by atoms with van der Waals surface area (Å²) in [7, 11) is -2.12. The van der Waals surface area contributed by atoms with Crippen LogP contribution in [0.1, 0.15) is 0 Å². The number of nitrogens with one attached hydrogen (secondary N) is 2. The second-order valence-electron chi connectivity index (χ2n) is 4.28. The lowest BCUT2D eigenvalue weighted by Crippen LogP contribution is -2.15. The highest BCUT2D eigenvalue weighted by atomic mass is 32.2. The van der Waals surface area contributed by atoms with E-state index in [9.17, 15) is 17.2 Å². The van der Waals surface area contributed by atoms with Crippen LogP contribution in [0.5, 0.6) is 0 Å². The van der Waals surface area contributed by atoms with Gasteiger partial charge in [-0.25, -0.2) is 17.2 Å². The zero-order valence-electron chi connectivity index (χ0n) is 11.2. The van der Waals surface area contributed by atoms with Gasteiger partial charge < -0.3 is 5.32 Å². The summed E-state index contributed by atoms with van der Waals surface area (Å²) < 4.78 is 53.7. The molecule has 1 aromatic heterocycles. The van der Waals surface area contributed by atoms with Crippen molar-refractivity contribution in [3.8, 4) is 0 Å². The Kier molecular flexibility index (Phi) is 4.53. The minimum atomic E-state index is -3.89. The van der Waals surface area contributed by atoms with Crippen LogP contribution in [-0.2, 0) is 16.6 Å². The first kappa shape index (κ1) is 15.4. The van der Waals surface area contributed by atoms with Gasteiger partial charge in [0.05, 0.1) is 18.4 Å². The standard InChI is InChI=1S/C12H14F2N4O2S/c1-15-4-5-18-8-10(7-16-18)21(19,20)17-9-2-3-11(13)12(14)6-9/h2-3,6-8,15,17H,4-5H2,1H3. The van der Waals surface area contributed by atoms with Crippen LogP contribution in [-0.4, -0.2) is 31.8 Å². The number of hydrogen-bond acceptors (Lipinski definition) is 4. The van der Waals surface area contributed by atoms with Crippen LogP contribution in [0, 0.1) is 11.6 Å². The van der Waals surface area contributed by atoms with Gasteiger partial charge in [0.15, 0.2) is 11.6 Å². The Morgan fingerprint density at radius 2 is 2.05 bits per heavy atom. The van der Waals surface area contributed by atoms with Crippen LogP contribution >= 0.6 is 0 Å². The summed E-state index contributed by atoms with van der Waals surface area (Å²) in [4.78, 5) is -0.0525. The van der Waals surface area contributed by atoms with Crippen molar-refractivity contribution in [2.24, 2.45) is 0 Å². The molecule has 0 bridgehead atoms. The highest BCUT2D eigenvalue weighted by molar-refractivity contribution is 7.92. The molecule has 0 fully saturated rings. The van der Waals surface area contributed by atoms with Crippen LogP contribution in [0.4, 0.5) is 14.5 Å². The molecule has 0 aliphatic carbocycles. The van der Waals surface area contributed by atoms with Crippen molar-refractivity contribution in [2.75, 3.05) is 18.3 Å². The second kappa shape index (κ2) is 6.19. The molecule has 0 saturated carbocycles. The van der Waals surface area contributed by atoms with Gasteiger partial charge in [-0.05, 0) is 19.2 Å². The molecule has 21 heavy (non-hydrogen) atoms. The molecule has 0 aliphatic rings. The molecule has 2 N–H and O–H groups in total. The van der Waals surface area contributed by atoms with Crippen molar-refractivity contribution in [2.45, 2.75) is 11.4 Å². The number of halogens is 2. The highest BCUT2D eigenvalue weighted by Gasteiger charge is 2.17. The Balaban J connectivity index is 2.17. The van der Waals surface area contributed by atoms with Crippen molar-refractivity contribution >= 4 is 15.7 Å². The molecule has 0 atom stereocenters. The number of nitrogens with zero attached hydrogens (tertiary/aromatic N) is 2. The molecular weight excluding hydrogens is 302 g/mol. The Bertz CT molecular complexity index is 731. The maximum atomic E-state index is 13.1. The fraction of sp³-hybridized carbons (Fsp3) is 0.250. The molecule has 0 unspecified atom stereocenters. The van der Waals surface area contributed by atoms with Gasteiger partial charge in [0, 0.05) is 18.8 Å². The molecular formula is C12H14F2N4O2S.